The van der Waals surface area contributed by atoms with E-state index in [0.29, 0.717) is 0 Å². The Bertz CT molecular complexity index is 379. The zero-order valence-electron chi connectivity index (χ0n) is 11.0. The third-order valence-electron chi connectivity index (χ3n) is 3.91. The molecular weight excluding hydrogens is 224 g/mol. The molecule has 1 N–H and O–H groups in total. The number of rotatable bonds is 6. The molecule has 2 aliphatic rings. The molecule has 1 aromatic heterocycles. The number of pyridine rings is 1. The Kier molecular flexibility index (Phi) is 3.25. The normalized spacial score (nSPS) is 20.8. The lowest BCUT2D eigenvalue weighted by molar-refractivity contribution is 0.194. The summed E-state index contributed by atoms with van der Waals surface area (Å²) < 4.78 is 0. The molecule has 0 bridgehead atoms. The van der Waals surface area contributed by atoms with Gasteiger partial charge in [0, 0.05) is 13.1 Å². The van der Waals surface area contributed by atoms with E-state index in [1.54, 1.807) is 6.92 Å². The van der Waals surface area contributed by atoms with E-state index in [-0.39, 0.29) is 0 Å². The minimum absolute atomic E-state index is 0.473. The Labute approximate surface area is 109 Å². The number of anilines is 1. The van der Waals surface area contributed by atoms with Crippen LogP contribution in [0.2, 0.25) is 0 Å². The fourth-order valence-electron chi connectivity index (χ4n) is 2.34. The fraction of sp³-hybridized carbons (Fsp3) is 0.667. The van der Waals surface area contributed by atoms with Crippen molar-refractivity contribution in [2.45, 2.75) is 38.7 Å². The van der Waals surface area contributed by atoms with Gasteiger partial charge in [-0.2, -0.15) is 0 Å². The Morgan fingerprint density at radius 1 is 1.22 bits per heavy atom. The van der Waals surface area contributed by atoms with Gasteiger partial charge in [0.2, 0.25) is 0 Å². The topological polar surface area (TPSA) is 36.4 Å². The zero-order valence-corrected chi connectivity index (χ0v) is 11.0. The van der Waals surface area contributed by atoms with Gasteiger partial charge in [0.25, 0.3) is 0 Å². The molecule has 0 unspecified atom stereocenters. The van der Waals surface area contributed by atoms with E-state index in [1.807, 2.05) is 12.3 Å². The second-order valence-corrected chi connectivity index (χ2v) is 5.91. The summed E-state index contributed by atoms with van der Waals surface area (Å²) in [5.74, 6) is 1.81. The lowest BCUT2D eigenvalue weighted by atomic mass is 10.2. The minimum atomic E-state index is -0.473. The van der Waals surface area contributed by atoms with Crippen LogP contribution in [0.15, 0.2) is 18.3 Å². The predicted molar refractivity (Wildman–Crippen MR) is 72.5 cm³/mol. The van der Waals surface area contributed by atoms with Gasteiger partial charge in [0.1, 0.15) is 0 Å². The van der Waals surface area contributed by atoms with Crippen LogP contribution < -0.4 is 4.90 Å². The van der Waals surface area contributed by atoms with Crippen molar-refractivity contribution in [2.24, 2.45) is 11.8 Å². The van der Waals surface area contributed by atoms with Crippen LogP contribution in [0.4, 0.5) is 5.69 Å². The number of aliphatic hydroxyl groups excluding tert-OH is 1. The SMILES string of the molecule is C[C@H](O)c1ccc(N(CC2CC2)CC2CC2)cn1. The maximum atomic E-state index is 9.49. The molecule has 3 heteroatoms. The summed E-state index contributed by atoms with van der Waals surface area (Å²) in [4.78, 5) is 6.86. The first kappa shape index (κ1) is 12.0. The van der Waals surface area contributed by atoms with E-state index >= 15 is 0 Å². The van der Waals surface area contributed by atoms with Gasteiger partial charge in [0.05, 0.1) is 23.7 Å². The molecule has 0 aliphatic heterocycles. The molecule has 2 fully saturated rings. The Morgan fingerprint density at radius 3 is 2.22 bits per heavy atom. The average Bonchev–Trinajstić information content (AvgIpc) is 3.23. The van der Waals surface area contributed by atoms with Crippen LogP contribution in [0.25, 0.3) is 0 Å². The van der Waals surface area contributed by atoms with E-state index < -0.39 is 6.10 Å². The van der Waals surface area contributed by atoms with Crippen LogP contribution in [-0.4, -0.2) is 23.2 Å². The van der Waals surface area contributed by atoms with Gasteiger partial charge in [-0.15, -0.1) is 0 Å². The number of hydrogen-bond acceptors (Lipinski definition) is 3. The van der Waals surface area contributed by atoms with Crippen LogP contribution in [0.5, 0.6) is 0 Å². The lowest BCUT2D eigenvalue weighted by Crippen LogP contribution is -2.28. The first-order chi connectivity index (χ1) is 8.72. The number of nitrogens with zero attached hydrogens (tertiary/aromatic N) is 2. The number of hydrogen-bond donors (Lipinski definition) is 1. The third kappa shape index (κ3) is 3.02. The van der Waals surface area contributed by atoms with Crippen molar-refractivity contribution in [2.75, 3.05) is 18.0 Å². The van der Waals surface area contributed by atoms with Crippen molar-refractivity contribution in [1.82, 2.24) is 4.98 Å². The minimum Gasteiger partial charge on any atom is -0.387 e. The summed E-state index contributed by atoms with van der Waals surface area (Å²) in [6.07, 6.45) is 7.01. The molecule has 98 valence electrons. The molecule has 3 rings (SSSR count). The quantitative estimate of drug-likeness (QED) is 0.838. The Hall–Kier alpha value is -1.09. The highest BCUT2D eigenvalue weighted by atomic mass is 16.3. The van der Waals surface area contributed by atoms with E-state index in [0.717, 1.165) is 17.5 Å². The molecule has 0 amide bonds. The Morgan fingerprint density at radius 2 is 1.83 bits per heavy atom. The van der Waals surface area contributed by atoms with Crippen molar-refractivity contribution in [3.05, 3.63) is 24.0 Å². The van der Waals surface area contributed by atoms with Crippen LogP contribution >= 0.6 is 0 Å². The summed E-state index contributed by atoms with van der Waals surface area (Å²) >= 11 is 0. The monoisotopic (exact) mass is 246 g/mol. The van der Waals surface area contributed by atoms with Crippen LogP contribution in [0, 0.1) is 11.8 Å². The van der Waals surface area contributed by atoms with Gasteiger partial charge >= 0.3 is 0 Å². The van der Waals surface area contributed by atoms with Gasteiger partial charge in [-0.25, -0.2) is 0 Å². The highest BCUT2D eigenvalue weighted by Gasteiger charge is 2.29. The van der Waals surface area contributed by atoms with Crippen LogP contribution in [0.3, 0.4) is 0 Å². The molecule has 2 aliphatic carbocycles. The van der Waals surface area contributed by atoms with Gasteiger partial charge < -0.3 is 10.0 Å². The van der Waals surface area contributed by atoms with Gasteiger partial charge in [-0.3, -0.25) is 4.98 Å². The number of aromatic nitrogens is 1. The van der Waals surface area contributed by atoms with E-state index in [1.165, 1.54) is 44.5 Å². The molecule has 1 aromatic rings. The van der Waals surface area contributed by atoms with Gasteiger partial charge in [0.15, 0.2) is 0 Å². The Balaban J connectivity index is 1.70. The maximum Gasteiger partial charge on any atom is 0.0931 e. The molecule has 0 spiro atoms. The van der Waals surface area contributed by atoms with Gasteiger partial charge in [-0.05, 0) is 56.6 Å². The molecule has 2 saturated carbocycles. The van der Waals surface area contributed by atoms with Gasteiger partial charge in [-0.1, -0.05) is 0 Å². The smallest absolute Gasteiger partial charge is 0.0931 e. The largest absolute Gasteiger partial charge is 0.387 e. The molecular formula is C15H22N2O. The first-order valence-electron chi connectivity index (χ1n) is 7.11. The second kappa shape index (κ2) is 4.88. The van der Waals surface area contributed by atoms with Crippen molar-refractivity contribution in [1.29, 1.82) is 0 Å². The van der Waals surface area contributed by atoms with Crippen LogP contribution in [-0.2, 0) is 0 Å². The van der Waals surface area contributed by atoms with Crippen LogP contribution in [0.1, 0.15) is 44.4 Å². The maximum absolute atomic E-state index is 9.49. The molecule has 0 saturated heterocycles. The first-order valence-corrected chi connectivity index (χ1v) is 7.11. The summed E-state index contributed by atoms with van der Waals surface area (Å²) in [5, 5.41) is 9.49. The second-order valence-electron chi connectivity index (χ2n) is 5.91. The predicted octanol–water partition coefficient (Wildman–Crippen LogP) is 2.76. The summed E-state index contributed by atoms with van der Waals surface area (Å²) in [5.41, 5.74) is 1.98. The standard InChI is InChI=1S/C15H22N2O/c1-11(18)15-7-6-14(8-16-15)17(9-12-2-3-12)10-13-4-5-13/h6-8,11-13,18H,2-5,9-10H2,1H3/t11-/m0/s1. The fourth-order valence-corrected chi connectivity index (χ4v) is 2.34. The lowest BCUT2D eigenvalue weighted by Gasteiger charge is -2.24. The van der Waals surface area contributed by atoms with Crippen molar-refractivity contribution in [3.63, 3.8) is 0 Å². The molecule has 0 radical (unpaired) electrons. The van der Waals surface area contributed by atoms with E-state index in [9.17, 15) is 5.11 Å². The number of aliphatic hydroxyl groups is 1. The van der Waals surface area contributed by atoms with Crippen molar-refractivity contribution in [3.8, 4) is 0 Å². The molecule has 1 heterocycles. The van der Waals surface area contributed by atoms with Crippen molar-refractivity contribution >= 4 is 5.69 Å². The highest BCUT2D eigenvalue weighted by molar-refractivity contribution is 5.45. The average molecular weight is 246 g/mol. The summed E-state index contributed by atoms with van der Waals surface area (Å²) in [6, 6.07) is 4.06. The van der Waals surface area contributed by atoms with Crippen molar-refractivity contribution < 1.29 is 5.11 Å². The van der Waals surface area contributed by atoms with E-state index in [4.69, 9.17) is 0 Å². The summed E-state index contributed by atoms with van der Waals surface area (Å²) in [7, 11) is 0. The molecule has 0 aromatic carbocycles. The molecule has 18 heavy (non-hydrogen) atoms. The van der Waals surface area contributed by atoms with E-state index in [2.05, 4.69) is 16.0 Å². The summed E-state index contributed by atoms with van der Waals surface area (Å²) in [6.45, 7) is 4.13. The highest BCUT2D eigenvalue weighted by Crippen LogP contribution is 2.35. The molecule has 3 nitrogen and oxygen atoms in total. The zero-order chi connectivity index (χ0) is 12.5. The third-order valence-corrected chi connectivity index (χ3v) is 3.91. The molecule has 1 atom stereocenters.